The maximum Gasteiger partial charge on any atom is 0.0465 e. The van der Waals surface area contributed by atoms with Gasteiger partial charge in [0.1, 0.15) is 0 Å². The number of anilines is 1. The molecule has 20 heavy (non-hydrogen) atoms. The quantitative estimate of drug-likeness (QED) is 0.883. The largest absolute Gasteiger partial charge is 0.378 e. The highest BCUT2D eigenvalue weighted by atomic mass is 35.5. The molecule has 2 aromatic carbocycles. The van der Waals surface area contributed by atoms with Gasteiger partial charge in [-0.25, -0.2) is 0 Å². The van der Waals surface area contributed by atoms with Crippen LogP contribution in [0.1, 0.15) is 11.1 Å². The highest BCUT2D eigenvalue weighted by Crippen LogP contribution is 2.24. The first-order chi connectivity index (χ1) is 9.58. The Kier molecular flexibility index (Phi) is 5.30. The first-order valence-electron chi connectivity index (χ1n) is 6.48. The van der Waals surface area contributed by atoms with Crippen molar-refractivity contribution in [2.45, 2.75) is 13.1 Å². The summed E-state index contributed by atoms with van der Waals surface area (Å²) in [5.74, 6) is 0. The van der Waals surface area contributed by atoms with Crippen LogP contribution in [0.3, 0.4) is 0 Å². The second-order valence-corrected chi connectivity index (χ2v) is 5.68. The average molecular weight is 309 g/mol. The molecule has 0 bridgehead atoms. The molecule has 4 heteroatoms. The summed E-state index contributed by atoms with van der Waals surface area (Å²) in [5, 5.41) is 4.77. The van der Waals surface area contributed by atoms with Crippen molar-refractivity contribution >= 4 is 28.9 Å². The number of hydrogen-bond acceptors (Lipinski definition) is 2. The van der Waals surface area contributed by atoms with Crippen LogP contribution in [0.25, 0.3) is 0 Å². The summed E-state index contributed by atoms with van der Waals surface area (Å²) < 4.78 is 0. The lowest BCUT2D eigenvalue weighted by atomic mass is 10.2. The van der Waals surface area contributed by atoms with Gasteiger partial charge in [0.05, 0.1) is 0 Å². The zero-order valence-corrected chi connectivity index (χ0v) is 13.2. The van der Waals surface area contributed by atoms with E-state index in [1.165, 1.54) is 11.3 Å². The molecule has 0 radical (unpaired) electrons. The van der Waals surface area contributed by atoms with Gasteiger partial charge in [0.25, 0.3) is 0 Å². The number of nitrogens with zero attached hydrogens (tertiary/aromatic N) is 1. The molecule has 0 amide bonds. The molecule has 0 fully saturated rings. The first-order valence-corrected chi connectivity index (χ1v) is 7.23. The number of hydrogen-bond donors (Lipinski definition) is 1. The van der Waals surface area contributed by atoms with Crippen molar-refractivity contribution in [1.29, 1.82) is 0 Å². The van der Waals surface area contributed by atoms with Crippen LogP contribution in [0.2, 0.25) is 10.0 Å². The van der Waals surface area contributed by atoms with E-state index in [9.17, 15) is 0 Å². The van der Waals surface area contributed by atoms with Gasteiger partial charge in [-0.15, -0.1) is 0 Å². The normalized spacial score (nSPS) is 10.6. The second-order valence-electron chi connectivity index (χ2n) is 4.86. The minimum absolute atomic E-state index is 0.661. The van der Waals surface area contributed by atoms with Crippen LogP contribution in [-0.2, 0) is 13.1 Å². The summed E-state index contributed by atoms with van der Waals surface area (Å²) in [7, 11) is 4.07. The molecule has 2 nitrogen and oxygen atoms in total. The second kappa shape index (κ2) is 6.98. The monoisotopic (exact) mass is 308 g/mol. The Morgan fingerprint density at radius 1 is 0.900 bits per heavy atom. The van der Waals surface area contributed by atoms with Crippen molar-refractivity contribution in [3.63, 3.8) is 0 Å². The van der Waals surface area contributed by atoms with E-state index in [4.69, 9.17) is 23.2 Å². The van der Waals surface area contributed by atoms with Crippen molar-refractivity contribution in [2.24, 2.45) is 0 Å². The SMILES string of the molecule is CN(C)c1ccc(CNCc2c(Cl)cccc2Cl)cc1. The van der Waals surface area contributed by atoms with Gasteiger partial charge in [-0.2, -0.15) is 0 Å². The number of benzene rings is 2. The van der Waals surface area contributed by atoms with Crippen molar-refractivity contribution in [1.82, 2.24) is 5.32 Å². The molecule has 0 saturated heterocycles. The van der Waals surface area contributed by atoms with Gasteiger partial charge in [0.15, 0.2) is 0 Å². The maximum absolute atomic E-state index is 6.14. The molecule has 0 spiro atoms. The molecule has 0 aromatic heterocycles. The third-order valence-corrected chi connectivity index (χ3v) is 3.85. The molecule has 2 rings (SSSR count). The van der Waals surface area contributed by atoms with Gasteiger partial charge < -0.3 is 10.2 Å². The summed E-state index contributed by atoms with van der Waals surface area (Å²) in [4.78, 5) is 2.08. The van der Waals surface area contributed by atoms with E-state index >= 15 is 0 Å². The fourth-order valence-corrected chi connectivity index (χ4v) is 2.48. The number of nitrogens with one attached hydrogen (secondary N) is 1. The Hall–Kier alpha value is -1.22. The average Bonchev–Trinajstić information content (AvgIpc) is 2.42. The summed E-state index contributed by atoms with van der Waals surface area (Å²) in [5.41, 5.74) is 3.38. The fourth-order valence-electron chi connectivity index (χ4n) is 1.94. The van der Waals surface area contributed by atoms with Crippen LogP contribution in [0, 0.1) is 0 Å². The van der Waals surface area contributed by atoms with Gasteiger partial charge in [-0.3, -0.25) is 0 Å². The van der Waals surface area contributed by atoms with E-state index in [-0.39, 0.29) is 0 Å². The van der Waals surface area contributed by atoms with Crippen LogP contribution in [0.5, 0.6) is 0 Å². The van der Waals surface area contributed by atoms with Crippen molar-refractivity contribution < 1.29 is 0 Å². The minimum Gasteiger partial charge on any atom is -0.378 e. The molecular weight excluding hydrogens is 291 g/mol. The van der Waals surface area contributed by atoms with Crippen LogP contribution < -0.4 is 10.2 Å². The lowest BCUT2D eigenvalue weighted by molar-refractivity contribution is 0.693. The van der Waals surface area contributed by atoms with Gasteiger partial charge in [0, 0.05) is 48.5 Å². The van der Waals surface area contributed by atoms with Crippen LogP contribution in [0.15, 0.2) is 42.5 Å². The molecular formula is C16H18Cl2N2. The lowest BCUT2D eigenvalue weighted by Gasteiger charge is -2.13. The third kappa shape index (κ3) is 3.89. The number of halogens is 2. The molecule has 0 unspecified atom stereocenters. The predicted octanol–water partition coefficient (Wildman–Crippen LogP) is 4.35. The summed E-state index contributed by atoms with van der Waals surface area (Å²) in [6.07, 6.45) is 0. The molecule has 0 aliphatic rings. The maximum atomic E-state index is 6.14. The van der Waals surface area contributed by atoms with E-state index in [1.54, 1.807) is 0 Å². The Morgan fingerprint density at radius 2 is 1.50 bits per heavy atom. The Morgan fingerprint density at radius 3 is 2.05 bits per heavy atom. The zero-order valence-electron chi connectivity index (χ0n) is 11.7. The summed E-state index contributed by atoms with van der Waals surface area (Å²) in [6, 6.07) is 14.0. The molecule has 106 valence electrons. The zero-order chi connectivity index (χ0) is 14.5. The standard InChI is InChI=1S/C16H18Cl2N2/c1-20(2)13-8-6-12(7-9-13)10-19-11-14-15(17)4-3-5-16(14)18/h3-9,19H,10-11H2,1-2H3. The van der Waals surface area contributed by atoms with Crippen molar-refractivity contribution in [2.75, 3.05) is 19.0 Å². The molecule has 0 aliphatic heterocycles. The van der Waals surface area contributed by atoms with Gasteiger partial charge in [-0.05, 0) is 29.8 Å². The van der Waals surface area contributed by atoms with Gasteiger partial charge >= 0.3 is 0 Å². The van der Waals surface area contributed by atoms with Crippen LogP contribution in [-0.4, -0.2) is 14.1 Å². The van der Waals surface area contributed by atoms with Gasteiger partial charge in [0.2, 0.25) is 0 Å². The Balaban J connectivity index is 1.93. The highest BCUT2D eigenvalue weighted by molar-refractivity contribution is 6.35. The molecule has 0 aliphatic carbocycles. The van der Waals surface area contributed by atoms with E-state index < -0.39 is 0 Å². The molecule has 1 N–H and O–H groups in total. The van der Waals surface area contributed by atoms with Crippen LogP contribution in [0.4, 0.5) is 5.69 Å². The minimum atomic E-state index is 0.661. The Labute approximate surface area is 130 Å². The smallest absolute Gasteiger partial charge is 0.0465 e. The summed E-state index contributed by atoms with van der Waals surface area (Å²) >= 11 is 12.3. The highest BCUT2D eigenvalue weighted by Gasteiger charge is 2.04. The molecule has 0 saturated carbocycles. The van der Waals surface area contributed by atoms with E-state index in [2.05, 4.69) is 34.5 Å². The number of rotatable bonds is 5. The third-order valence-electron chi connectivity index (χ3n) is 3.15. The topological polar surface area (TPSA) is 15.3 Å². The summed E-state index contributed by atoms with van der Waals surface area (Å²) in [6.45, 7) is 1.45. The predicted molar refractivity (Wildman–Crippen MR) is 87.8 cm³/mol. The van der Waals surface area contributed by atoms with E-state index in [1.807, 2.05) is 32.3 Å². The Bertz CT molecular complexity index is 545. The van der Waals surface area contributed by atoms with E-state index in [0.29, 0.717) is 16.6 Å². The molecule has 2 aromatic rings. The molecule has 0 heterocycles. The van der Waals surface area contributed by atoms with E-state index in [0.717, 1.165) is 12.1 Å². The van der Waals surface area contributed by atoms with Gasteiger partial charge in [-0.1, -0.05) is 41.4 Å². The fraction of sp³-hybridized carbons (Fsp3) is 0.250. The van der Waals surface area contributed by atoms with Crippen molar-refractivity contribution in [3.8, 4) is 0 Å². The van der Waals surface area contributed by atoms with Crippen LogP contribution >= 0.6 is 23.2 Å². The first kappa shape index (κ1) is 15.2. The van der Waals surface area contributed by atoms with Crippen molar-refractivity contribution in [3.05, 3.63) is 63.6 Å². The lowest BCUT2D eigenvalue weighted by Crippen LogP contribution is -2.14. The molecule has 0 atom stereocenters.